The Morgan fingerprint density at radius 3 is 2.73 bits per heavy atom. The molecule has 1 unspecified atom stereocenters. The van der Waals surface area contributed by atoms with Gasteiger partial charge in [0.2, 0.25) is 0 Å². The topological polar surface area (TPSA) is 41.3 Å². The largest absolute Gasteiger partial charge is 0.329 e. The lowest BCUT2D eigenvalue weighted by atomic mass is 10.0. The molecular weight excluding hydrogens is 186 g/mol. The first-order valence-electron chi connectivity index (χ1n) is 6.19. The van der Waals surface area contributed by atoms with Crippen LogP contribution >= 0.6 is 0 Å². The number of likely N-dealkylation sites (tertiary alicyclic amines) is 1. The van der Waals surface area contributed by atoms with Gasteiger partial charge < -0.3 is 16.0 Å². The van der Waals surface area contributed by atoms with Gasteiger partial charge in [0, 0.05) is 25.2 Å². The highest BCUT2D eigenvalue weighted by molar-refractivity contribution is 4.78. The van der Waals surface area contributed by atoms with Crippen molar-refractivity contribution in [2.45, 2.75) is 39.2 Å². The minimum Gasteiger partial charge on any atom is -0.329 e. The van der Waals surface area contributed by atoms with Crippen molar-refractivity contribution in [1.82, 2.24) is 10.2 Å². The Balaban J connectivity index is 2.09. The van der Waals surface area contributed by atoms with Gasteiger partial charge in [0.05, 0.1) is 0 Å². The van der Waals surface area contributed by atoms with Crippen molar-refractivity contribution in [2.75, 3.05) is 32.7 Å². The molecule has 15 heavy (non-hydrogen) atoms. The summed E-state index contributed by atoms with van der Waals surface area (Å²) in [4.78, 5) is 2.49. The van der Waals surface area contributed by atoms with Gasteiger partial charge in [-0.2, -0.15) is 0 Å². The van der Waals surface area contributed by atoms with Gasteiger partial charge in [-0.1, -0.05) is 0 Å². The van der Waals surface area contributed by atoms with Crippen LogP contribution in [0.3, 0.4) is 0 Å². The molecule has 0 aromatic heterocycles. The van der Waals surface area contributed by atoms with Gasteiger partial charge in [-0.25, -0.2) is 0 Å². The fourth-order valence-corrected chi connectivity index (χ4v) is 2.19. The van der Waals surface area contributed by atoms with E-state index in [0.717, 1.165) is 25.6 Å². The van der Waals surface area contributed by atoms with E-state index in [4.69, 9.17) is 5.73 Å². The van der Waals surface area contributed by atoms with Crippen molar-refractivity contribution in [1.29, 1.82) is 0 Å². The zero-order chi connectivity index (χ0) is 11.3. The van der Waals surface area contributed by atoms with Gasteiger partial charge in [0.15, 0.2) is 0 Å². The molecule has 1 rings (SSSR count). The monoisotopic (exact) mass is 213 g/mol. The standard InChI is InChI=1S/C12H27N3/c1-12(2,3)14-7-4-11-5-8-15(10-11)9-6-13/h11,14H,4-10,13H2,1-3H3. The molecule has 0 aromatic rings. The summed E-state index contributed by atoms with van der Waals surface area (Å²) in [5, 5.41) is 3.55. The molecule has 1 heterocycles. The van der Waals surface area contributed by atoms with Crippen LogP contribution in [0.4, 0.5) is 0 Å². The van der Waals surface area contributed by atoms with E-state index < -0.39 is 0 Å². The van der Waals surface area contributed by atoms with E-state index >= 15 is 0 Å². The van der Waals surface area contributed by atoms with Crippen LogP contribution in [0.15, 0.2) is 0 Å². The second-order valence-corrected chi connectivity index (χ2v) is 5.71. The molecule has 3 nitrogen and oxygen atoms in total. The molecule has 0 aliphatic carbocycles. The fourth-order valence-electron chi connectivity index (χ4n) is 2.19. The maximum Gasteiger partial charge on any atom is 0.0105 e. The summed E-state index contributed by atoms with van der Waals surface area (Å²) in [6.45, 7) is 12.2. The van der Waals surface area contributed by atoms with E-state index in [1.54, 1.807) is 0 Å². The van der Waals surface area contributed by atoms with Crippen molar-refractivity contribution in [2.24, 2.45) is 11.7 Å². The van der Waals surface area contributed by atoms with Gasteiger partial charge in [0.1, 0.15) is 0 Å². The maximum atomic E-state index is 5.56. The molecule has 1 aliphatic heterocycles. The van der Waals surface area contributed by atoms with Crippen LogP contribution in [-0.2, 0) is 0 Å². The highest BCUT2D eigenvalue weighted by Gasteiger charge is 2.21. The lowest BCUT2D eigenvalue weighted by Crippen LogP contribution is -2.37. The van der Waals surface area contributed by atoms with Crippen molar-refractivity contribution in [3.63, 3.8) is 0 Å². The summed E-state index contributed by atoms with van der Waals surface area (Å²) < 4.78 is 0. The van der Waals surface area contributed by atoms with Crippen molar-refractivity contribution >= 4 is 0 Å². The second-order valence-electron chi connectivity index (χ2n) is 5.71. The molecule has 3 N–H and O–H groups in total. The highest BCUT2D eigenvalue weighted by atomic mass is 15.1. The van der Waals surface area contributed by atoms with Gasteiger partial charge in [-0.05, 0) is 52.6 Å². The van der Waals surface area contributed by atoms with Crippen LogP contribution in [0.2, 0.25) is 0 Å². The molecule has 1 atom stereocenters. The quantitative estimate of drug-likeness (QED) is 0.717. The summed E-state index contributed by atoms with van der Waals surface area (Å²) in [6.07, 6.45) is 2.66. The first-order valence-corrected chi connectivity index (χ1v) is 6.19. The van der Waals surface area contributed by atoms with E-state index in [-0.39, 0.29) is 5.54 Å². The zero-order valence-corrected chi connectivity index (χ0v) is 10.6. The Hall–Kier alpha value is -0.120. The predicted octanol–water partition coefficient (Wildman–Crippen LogP) is 1.05. The number of nitrogens with one attached hydrogen (secondary N) is 1. The third-order valence-corrected chi connectivity index (χ3v) is 3.02. The Labute approximate surface area is 94.4 Å². The van der Waals surface area contributed by atoms with E-state index in [2.05, 4.69) is 31.0 Å². The van der Waals surface area contributed by atoms with Gasteiger partial charge >= 0.3 is 0 Å². The van der Waals surface area contributed by atoms with Gasteiger partial charge in [0.25, 0.3) is 0 Å². The minimum atomic E-state index is 0.259. The molecule has 1 saturated heterocycles. The molecule has 3 heteroatoms. The first kappa shape index (κ1) is 12.9. The molecule has 1 fully saturated rings. The first-order chi connectivity index (χ1) is 7.01. The van der Waals surface area contributed by atoms with Crippen molar-refractivity contribution < 1.29 is 0 Å². The predicted molar refractivity (Wildman–Crippen MR) is 66.0 cm³/mol. The molecule has 0 radical (unpaired) electrons. The third-order valence-electron chi connectivity index (χ3n) is 3.02. The normalized spacial score (nSPS) is 23.6. The molecule has 0 spiro atoms. The van der Waals surface area contributed by atoms with Crippen LogP contribution in [0, 0.1) is 5.92 Å². The Bertz CT molecular complexity index is 174. The third kappa shape index (κ3) is 5.50. The Kier molecular flexibility index (Phi) is 5.03. The lowest BCUT2D eigenvalue weighted by Gasteiger charge is -2.22. The highest BCUT2D eigenvalue weighted by Crippen LogP contribution is 2.18. The summed E-state index contributed by atoms with van der Waals surface area (Å²) in [6, 6.07) is 0. The van der Waals surface area contributed by atoms with Crippen LogP contribution in [0.25, 0.3) is 0 Å². The number of nitrogens with zero attached hydrogens (tertiary/aromatic N) is 1. The number of hydrogen-bond donors (Lipinski definition) is 2. The summed E-state index contributed by atoms with van der Waals surface area (Å²) >= 11 is 0. The number of rotatable bonds is 5. The fraction of sp³-hybridized carbons (Fsp3) is 1.00. The summed E-state index contributed by atoms with van der Waals surface area (Å²) in [7, 11) is 0. The van der Waals surface area contributed by atoms with E-state index in [1.807, 2.05) is 0 Å². The van der Waals surface area contributed by atoms with Crippen LogP contribution in [-0.4, -0.2) is 43.2 Å². The van der Waals surface area contributed by atoms with Crippen LogP contribution in [0.5, 0.6) is 0 Å². The molecule has 1 aliphatic rings. The lowest BCUT2D eigenvalue weighted by molar-refractivity contribution is 0.323. The molecule has 0 bridgehead atoms. The van der Waals surface area contributed by atoms with Crippen molar-refractivity contribution in [3.05, 3.63) is 0 Å². The molecule has 0 amide bonds. The minimum absolute atomic E-state index is 0.259. The van der Waals surface area contributed by atoms with Crippen molar-refractivity contribution in [3.8, 4) is 0 Å². The number of hydrogen-bond acceptors (Lipinski definition) is 3. The molecule has 90 valence electrons. The van der Waals surface area contributed by atoms with E-state index in [9.17, 15) is 0 Å². The van der Waals surface area contributed by atoms with Crippen LogP contribution < -0.4 is 11.1 Å². The molecule has 0 saturated carbocycles. The Morgan fingerprint density at radius 2 is 2.13 bits per heavy atom. The van der Waals surface area contributed by atoms with E-state index in [1.165, 1.54) is 25.9 Å². The van der Waals surface area contributed by atoms with Crippen LogP contribution in [0.1, 0.15) is 33.6 Å². The SMILES string of the molecule is CC(C)(C)NCCC1CCN(CCN)C1. The number of nitrogens with two attached hydrogens (primary N) is 1. The maximum absolute atomic E-state index is 5.56. The zero-order valence-electron chi connectivity index (χ0n) is 10.6. The average Bonchev–Trinajstić information content (AvgIpc) is 2.51. The van der Waals surface area contributed by atoms with E-state index in [0.29, 0.717) is 0 Å². The smallest absolute Gasteiger partial charge is 0.0105 e. The van der Waals surface area contributed by atoms with Gasteiger partial charge in [-0.15, -0.1) is 0 Å². The van der Waals surface area contributed by atoms with Gasteiger partial charge in [-0.3, -0.25) is 0 Å². The second kappa shape index (κ2) is 5.83. The summed E-state index contributed by atoms with van der Waals surface area (Å²) in [5.41, 5.74) is 5.82. The molecular formula is C12H27N3. The Morgan fingerprint density at radius 1 is 1.40 bits per heavy atom. The summed E-state index contributed by atoms with van der Waals surface area (Å²) in [5.74, 6) is 0.881. The average molecular weight is 213 g/mol. The molecule has 0 aromatic carbocycles.